The Morgan fingerprint density at radius 3 is 2.71 bits per heavy atom. The van der Waals surface area contributed by atoms with E-state index >= 15 is 0 Å². The molecule has 2 N–H and O–H groups in total. The molecule has 0 saturated carbocycles. The van der Waals surface area contributed by atoms with Gasteiger partial charge in [-0.15, -0.1) is 0 Å². The van der Waals surface area contributed by atoms with E-state index < -0.39 is 0 Å². The molecule has 6 heteroatoms. The molecule has 134 valence electrons. The number of pyridine rings is 1. The van der Waals surface area contributed by atoms with Crippen LogP contribution >= 0.6 is 0 Å². The van der Waals surface area contributed by atoms with Crippen LogP contribution in [0.25, 0.3) is 0 Å². The molecule has 2 rings (SSSR count). The Bertz CT molecular complexity index is 489. The van der Waals surface area contributed by atoms with Gasteiger partial charge in [-0.25, -0.2) is 4.79 Å². The zero-order chi connectivity index (χ0) is 17.4. The molecule has 1 unspecified atom stereocenters. The van der Waals surface area contributed by atoms with E-state index in [1.54, 1.807) is 4.90 Å². The molecule has 0 aliphatic carbocycles. The van der Waals surface area contributed by atoms with Crippen LogP contribution in [-0.2, 0) is 0 Å². The first-order valence-corrected chi connectivity index (χ1v) is 8.87. The summed E-state index contributed by atoms with van der Waals surface area (Å²) >= 11 is 0. The number of urea groups is 1. The number of aliphatic hydroxyl groups is 1. The predicted octanol–water partition coefficient (Wildman–Crippen LogP) is 2.10. The number of nitrogens with zero attached hydrogens (tertiary/aromatic N) is 3. The van der Waals surface area contributed by atoms with E-state index in [9.17, 15) is 4.79 Å². The summed E-state index contributed by atoms with van der Waals surface area (Å²) in [6.07, 6.45) is 7.38. The van der Waals surface area contributed by atoms with E-state index in [1.165, 1.54) is 5.69 Å². The number of anilines is 1. The Morgan fingerprint density at radius 2 is 2.08 bits per heavy atom. The lowest BCUT2D eigenvalue weighted by molar-refractivity contribution is 0.190. The molecule has 0 aromatic carbocycles. The summed E-state index contributed by atoms with van der Waals surface area (Å²) < 4.78 is 0. The quantitative estimate of drug-likeness (QED) is 0.801. The highest BCUT2D eigenvalue weighted by Gasteiger charge is 2.22. The molecule has 1 fully saturated rings. The van der Waals surface area contributed by atoms with E-state index in [1.807, 2.05) is 38.5 Å². The largest absolute Gasteiger partial charge is 0.396 e. The van der Waals surface area contributed by atoms with Gasteiger partial charge in [0.25, 0.3) is 0 Å². The maximum absolute atomic E-state index is 12.2. The molecular formula is C18H30N4O2. The van der Waals surface area contributed by atoms with Crippen LogP contribution in [0.3, 0.4) is 0 Å². The maximum Gasteiger partial charge on any atom is 0.317 e. The normalized spacial score (nSPS) is 16.7. The highest BCUT2D eigenvalue weighted by atomic mass is 16.3. The molecule has 1 aromatic heterocycles. The predicted molar refractivity (Wildman–Crippen MR) is 96.1 cm³/mol. The van der Waals surface area contributed by atoms with Gasteiger partial charge in [0, 0.05) is 57.4 Å². The van der Waals surface area contributed by atoms with Gasteiger partial charge in [-0.2, -0.15) is 0 Å². The van der Waals surface area contributed by atoms with Gasteiger partial charge in [0.15, 0.2) is 0 Å². The fraction of sp³-hybridized carbons (Fsp3) is 0.667. The number of hydrogen-bond donors (Lipinski definition) is 2. The number of amides is 2. The first kappa shape index (κ1) is 18.5. The average molecular weight is 334 g/mol. The Hall–Kier alpha value is -1.82. The second-order valence-electron chi connectivity index (χ2n) is 6.73. The van der Waals surface area contributed by atoms with E-state index in [0.29, 0.717) is 5.92 Å². The molecule has 2 heterocycles. The molecule has 1 aliphatic rings. The Balaban J connectivity index is 1.71. The van der Waals surface area contributed by atoms with Crippen molar-refractivity contribution in [1.82, 2.24) is 15.2 Å². The lowest BCUT2D eigenvalue weighted by atomic mass is 9.96. The molecule has 1 atom stereocenters. The molecule has 0 radical (unpaired) electrons. The van der Waals surface area contributed by atoms with Crippen molar-refractivity contribution in [3.63, 3.8) is 0 Å². The van der Waals surface area contributed by atoms with Gasteiger partial charge in [0.2, 0.25) is 0 Å². The number of aliphatic hydroxyl groups excluding tert-OH is 1. The second kappa shape index (κ2) is 9.47. The first-order chi connectivity index (χ1) is 11.6. The van der Waals surface area contributed by atoms with Crippen molar-refractivity contribution in [3.8, 4) is 0 Å². The second-order valence-corrected chi connectivity index (χ2v) is 6.73. The van der Waals surface area contributed by atoms with Gasteiger partial charge in [-0.3, -0.25) is 4.98 Å². The van der Waals surface area contributed by atoms with Gasteiger partial charge in [0.05, 0.1) is 0 Å². The van der Waals surface area contributed by atoms with E-state index in [4.69, 9.17) is 5.11 Å². The summed E-state index contributed by atoms with van der Waals surface area (Å²) in [5.74, 6) is 0.548. The van der Waals surface area contributed by atoms with Gasteiger partial charge in [0.1, 0.15) is 0 Å². The number of hydrogen-bond acceptors (Lipinski definition) is 4. The number of carbonyl (C=O) groups excluding carboxylic acids is 1. The molecule has 1 saturated heterocycles. The molecule has 24 heavy (non-hydrogen) atoms. The molecule has 0 spiro atoms. The molecule has 1 aliphatic heterocycles. The van der Waals surface area contributed by atoms with Crippen molar-refractivity contribution in [2.24, 2.45) is 5.92 Å². The molecular weight excluding hydrogens is 304 g/mol. The molecule has 6 nitrogen and oxygen atoms in total. The van der Waals surface area contributed by atoms with Crippen LogP contribution in [-0.4, -0.2) is 60.4 Å². The third-order valence-corrected chi connectivity index (χ3v) is 4.69. The topological polar surface area (TPSA) is 68.7 Å². The molecule has 0 bridgehead atoms. The van der Waals surface area contributed by atoms with Crippen LogP contribution in [0.1, 0.15) is 32.6 Å². The summed E-state index contributed by atoms with van der Waals surface area (Å²) in [6.45, 7) is 5.00. The fourth-order valence-electron chi connectivity index (χ4n) is 3.19. The Morgan fingerprint density at radius 1 is 1.42 bits per heavy atom. The Labute approximate surface area is 144 Å². The Kier molecular flexibility index (Phi) is 7.31. The zero-order valence-corrected chi connectivity index (χ0v) is 14.8. The number of nitrogens with one attached hydrogen (secondary N) is 1. The third kappa shape index (κ3) is 5.67. The van der Waals surface area contributed by atoms with E-state index in [0.717, 1.165) is 45.3 Å². The van der Waals surface area contributed by atoms with Crippen LogP contribution in [0.5, 0.6) is 0 Å². The molecule has 1 aromatic rings. The smallest absolute Gasteiger partial charge is 0.317 e. The van der Waals surface area contributed by atoms with Gasteiger partial charge >= 0.3 is 6.03 Å². The first-order valence-electron chi connectivity index (χ1n) is 8.87. The van der Waals surface area contributed by atoms with E-state index in [2.05, 4.69) is 15.2 Å². The lowest BCUT2D eigenvalue weighted by Crippen LogP contribution is -2.45. The number of carbonyl (C=O) groups is 1. The highest BCUT2D eigenvalue weighted by molar-refractivity contribution is 5.74. The summed E-state index contributed by atoms with van der Waals surface area (Å²) in [4.78, 5) is 20.5. The minimum absolute atomic E-state index is 0.0167. The van der Waals surface area contributed by atoms with Crippen molar-refractivity contribution in [2.45, 2.75) is 38.6 Å². The number of aromatic nitrogens is 1. The standard InChI is InChI=1S/C18H30N4O2/c1-15(4-3-13-23)20-18(24)21(2)14-16-7-11-22(12-8-16)17-5-9-19-10-6-17/h5-6,9-10,15-16,23H,3-4,7-8,11-14H2,1-2H3,(H,20,24). The van der Waals surface area contributed by atoms with Crippen LogP contribution in [0.15, 0.2) is 24.5 Å². The molecule has 2 amide bonds. The zero-order valence-electron chi connectivity index (χ0n) is 14.8. The SMILES string of the molecule is CC(CCCO)NC(=O)N(C)CC1CCN(c2ccncc2)CC1. The van der Waals surface area contributed by atoms with Gasteiger partial charge < -0.3 is 20.2 Å². The van der Waals surface area contributed by atoms with Crippen molar-refractivity contribution in [2.75, 3.05) is 38.2 Å². The maximum atomic E-state index is 12.2. The van der Waals surface area contributed by atoms with Gasteiger partial charge in [-0.1, -0.05) is 0 Å². The van der Waals surface area contributed by atoms with Crippen molar-refractivity contribution < 1.29 is 9.90 Å². The number of rotatable bonds is 7. The third-order valence-electron chi connectivity index (χ3n) is 4.69. The van der Waals surface area contributed by atoms with Crippen LogP contribution in [0.2, 0.25) is 0 Å². The van der Waals surface area contributed by atoms with Crippen molar-refractivity contribution in [3.05, 3.63) is 24.5 Å². The summed E-state index contributed by atoms with van der Waals surface area (Å²) in [5, 5.41) is 11.8. The van der Waals surface area contributed by atoms with Gasteiger partial charge in [-0.05, 0) is 50.7 Å². The summed E-state index contributed by atoms with van der Waals surface area (Å²) in [6, 6.07) is 4.18. The van der Waals surface area contributed by atoms with Crippen LogP contribution in [0.4, 0.5) is 10.5 Å². The summed E-state index contributed by atoms with van der Waals surface area (Å²) in [7, 11) is 1.86. The highest BCUT2D eigenvalue weighted by Crippen LogP contribution is 2.23. The monoisotopic (exact) mass is 334 g/mol. The van der Waals surface area contributed by atoms with Crippen LogP contribution in [0, 0.1) is 5.92 Å². The van der Waals surface area contributed by atoms with Crippen LogP contribution < -0.4 is 10.2 Å². The summed E-state index contributed by atoms with van der Waals surface area (Å²) in [5.41, 5.74) is 1.23. The van der Waals surface area contributed by atoms with Crippen molar-refractivity contribution >= 4 is 11.7 Å². The van der Waals surface area contributed by atoms with E-state index in [-0.39, 0.29) is 18.7 Å². The minimum Gasteiger partial charge on any atom is -0.396 e. The fourth-order valence-corrected chi connectivity index (χ4v) is 3.19. The average Bonchev–Trinajstić information content (AvgIpc) is 2.61. The minimum atomic E-state index is -0.0167. The van der Waals surface area contributed by atoms with Crippen molar-refractivity contribution in [1.29, 1.82) is 0 Å². The lowest BCUT2D eigenvalue weighted by Gasteiger charge is -2.35. The number of piperidine rings is 1.